The molecule has 2 aromatic rings. The molecule has 6 nitrogen and oxygen atoms in total. The van der Waals surface area contributed by atoms with E-state index in [1.165, 1.54) is 6.07 Å². The molecule has 0 aliphatic carbocycles. The molecule has 1 fully saturated rings. The van der Waals surface area contributed by atoms with Crippen LogP contribution < -0.4 is 15.5 Å². The first-order chi connectivity index (χ1) is 14.3. The van der Waals surface area contributed by atoms with Gasteiger partial charge in [0.25, 0.3) is 0 Å². The van der Waals surface area contributed by atoms with Gasteiger partial charge in [0.1, 0.15) is 5.82 Å². The summed E-state index contributed by atoms with van der Waals surface area (Å²) in [6.45, 7) is 3.89. The summed E-state index contributed by atoms with van der Waals surface area (Å²) >= 11 is 0. The van der Waals surface area contributed by atoms with Crippen molar-refractivity contribution in [3.05, 3.63) is 59.4 Å². The van der Waals surface area contributed by atoms with Crippen LogP contribution in [0.3, 0.4) is 0 Å². The van der Waals surface area contributed by atoms with E-state index in [0.29, 0.717) is 12.1 Å². The minimum Gasteiger partial charge on any atom is -0.378 e. The number of rotatable bonds is 6. The molecule has 0 saturated carbocycles. The molecule has 0 aromatic heterocycles. The molecule has 1 heterocycles. The summed E-state index contributed by atoms with van der Waals surface area (Å²) in [6, 6.07) is 12.6. The van der Waals surface area contributed by atoms with Gasteiger partial charge < -0.3 is 15.5 Å². The van der Waals surface area contributed by atoms with E-state index in [1.54, 1.807) is 19.1 Å². The van der Waals surface area contributed by atoms with Gasteiger partial charge in [0.15, 0.2) is 0 Å². The predicted octanol–water partition coefficient (Wildman–Crippen LogP) is 3.09. The Morgan fingerprint density at radius 1 is 1.07 bits per heavy atom. The van der Waals surface area contributed by atoms with E-state index in [2.05, 4.69) is 39.8 Å². The zero-order valence-corrected chi connectivity index (χ0v) is 17.7. The second-order valence-corrected chi connectivity index (χ2v) is 7.87. The molecule has 1 unspecified atom stereocenters. The summed E-state index contributed by atoms with van der Waals surface area (Å²) in [5.41, 5.74) is 2.94. The molecule has 3 rings (SSSR count). The van der Waals surface area contributed by atoms with Crippen LogP contribution in [0.25, 0.3) is 0 Å². The van der Waals surface area contributed by atoms with Crippen LogP contribution in [0.4, 0.5) is 15.8 Å². The van der Waals surface area contributed by atoms with Crippen molar-refractivity contribution >= 4 is 23.2 Å². The highest BCUT2D eigenvalue weighted by molar-refractivity contribution is 6.39. The van der Waals surface area contributed by atoms with Gasteiger partial charge in [-0.3, -0.25) is 14.5 Å². The lowest BCUT2D eigenvalue weighted by Crippen LogP contribution is -2.41. The lowest BCUT2D eigenvalue weighted by atomic mass is 10.0. The second kappa shape index (κ2) is 9.71. The SMILES string of the molecule is Cc1ccc(NC(=O)C(=O)NCC(c2ccc(N(C)C)cc2)N2CCCC2)cc1F. The van der Waals surface area contributed by atoms with Crippen molar-refractivity contribution < 1.29 is 14.0 Å². The van der Waals surface area contributed by atoms with Gasteiger partial charge in [0.05, 0.1) is 6.04 Å². The third-order valence-electron chi connectivity index (χ3n) is 5.47. The molecule has 1 aliphatic heterocycles. The number of carbonyl (C=O) groups excluding carboxylic acids is 2. The van der Waals surface area contributed by atoms with E-state index in [-0.39, 0.29) is 11.7 Å². The first kappa shape index (κ1) is 21.8. The van der Waals surface area contributed by atoms with Gasteiger partial charge in [-0.25, -0.2) is 4.39 Å². The molecule has 0 radical (unpaired) electrons. The van der Waals surface area contributed by atoms with Crippen molar-refractivity contribution in [2.45, 2.75) is 25.8 Å². The topological polar surface area (TPSA) is 64.7 Å². The molecular weight excluding hydrogens is 383 g/mol. The summed E-state index contributed by atoms with van der Waals surface area (Å²) in [7, 11) is 3.98. The third-order valence-corrected chi connectivity index (χ3v) is 5.47. The van der Waals surface area contributed by atoms with Crippen LogP contribution in [0.2, 0.25) is 0 Å². The number of nitrogens with zero attached hydrogens (tertiary/aromatic N) is 2. The quantitative estimate of drug-likeness (QED) is 0.716. The van der Waals surface area contributed by atoms with Crippen LogP contribution >= 0.6 is 0 Å². The van der Waals surface area contributed by atoms with Crippen LogP contribution in [-0.4, -0.2) is 50.4 Å². The van der Waals surface area contributed by atoms with Gasteiger partial charge in [-0.05, 0) is 68.2 Å². The van der Waals surface area contributed by atoms with Crippen molar-refractivity contribution in [2.24, 2.45) is 0 Å². The number of nitrogens with one attached hydrogen (secondary N) is 2. The molecule has 1 atom stereocenters. The van der Waals surface area contributed by atoms with Crippen molar-refractivity contribution in [1.82, 2.24) is 10.2 Å². The molecule has 7 heteroatoms. The molecule has 160 valence electrons. The molecule has 0 bridgehead atoms. The zero-order valence-electron chi connectivity index (χ0n) is 17.7. The average Bonchev–Trinajstić information content (AvgIpc) is 3.25. The lowest BCUT2D eigenvalue weighted by Gasteiger charge is -2.28. The second-order valence-electron chi connectivity index (χ2n) is 7.87. The van der Waals surface area contributed by atoms with Gasteiger partial charge in [-0.2, -0.15) is 0 Å². The number of halogens is 1. The first-order valence-corrected chi connectivity index (χ1v) is 10.2. The Labute approximate surface area is 177 Å². The standard InChI is InChI=1S/C23H29FN4O2/c1-16-6-9-18(14-20(16)24)26-23(30)22(29)25-15-21(28-12-4-5-13-28)17-7-10-19(11-8-17)27(2)3/h6-11,14,21H,4-5,12-13,15H2,1-3H3,(H,25,29)(H,26,30). The van der Waals surface area contributed by atoms with Gasteiger partial charge in [0, 0.05) is 32.0 Å². The van der Waals surface area contributed by atoms with Crippen LogP contribution in [-0.2, 0) is 9.59 Å². The number of benzene rings is 2. The van der Waals surface area contributed by atoms with E-state index in [4.69, 9.17) is 0 Å². The Balaban J connectivity index is 1.64. The number of anilines is 2. The monoisotopic (exact) mass is 412 g/mol. The lowest BCUT2D eigenvalue weighted by molar-refractivity contribution is -0.136. The largest absolute Gasteiger partial charge is 0.378 e. The fraction of sp³-hybridized carbons (Fsp3) is 0.391. The molecule has 2 aromatic carbocycles. The highest BCUT2D eigenvalue weighted by Crippen LogP contribution is 2.26. The van der Waals surface area contributed by atoms with Crippen molar-refractivity contribution in [3.63, 3.8) is 0 Å². The van der Waals surface area contributed by atoms with Gasteiger partial charge in [-0.15, -0.1) is 0 Å². The summed E-state index contributed by atoms with van der Waals surface area (Å²) in [5, 5.41) is 5.20. The van der Waals surface area contributed by atoms with Crippen molar-refractivity contribution in [3.8, 4) is 0 Å². The Bertz CT molecular complexity index is 893. The van der Waals surface area contributed by atoms with Gasteiger partial charge >= 0.3 is 11.8 Å². The molecule has 30 heavy (non-hydrogen) atoms. The molecular formula is C23H29FN4O2. The molecule has 2 amide bonds. The van der Waals surface area contributed by atoms with Crippen LogP contribution in [0.15, 0.2) is 42.5 Å². The fourth-order valence-electron chi connectivity index (χ4n) is 3.63. The maximum atomic E-state index is 13.7. The summed E-state index contributed by atoms with van der Waals surface area (Å²) in [4.78, 5) is 29.0. The maximum absolute atomic E-state index is 13.7. The number of hydrogen-bond donors (Lipinski definition) is 2. The minimum atomic E-state index is -0.804. The predicted molar refractivity (Wildman–Crippen MR) is 117 cm³/mol. The number of aryl methyl sites for hydroxylation is 1. The van der Waals surface area contributed by atoms with Crippen LogP contribution in [0.5, 0.6) is 0 Å². The van der Waals surface area contributed by atoms with E-state index < -0.39 is 17.6 Å². The summed E-state index contributed by atoms with van der Waals surface area (Å²) in [5.74, 6) is -1.96. The number of carbonyl (C=O) groups is 2. The smallest absolute Gasteiger partial charge is 0.313 e. The zero-order chi connectivity index (χ0) is 21.7. The summed E-state index contributed by atoms with van der Waals surface area (Å²) in [6.07, 6.45) is 2.25. The number of amides is 2. The van der Waals surface area contributed by atoms with Gasteiger partial charge in [0.2, 0.25) is 0 Å². The van der Waals surface area contributed by atoms with E-state index in [9.17, 15) is 14.0 Å². The fourth-order valence-corrected chi connectivity index (χ4v) is 3.63. The number of hydrogen-bond acceptors (Lipinski definition) is 4. The van der Waals surface area contributed by atoms with Crippen LogP contribution in [0, 0.1) is 12.7 Å². The van der Waals surface area contributed by atoms with E-state index in [0.717, 1.165) is 37.2 Å². The van der Waals surface area contributed by atoms with Crippen molar-refractivity contribution in [2.75, 3.05) is 43.9 Å². The average molecular weight is 413 g/mol. The Morgan fingerprint density at radius 3 is 2.33 bits per heavy atom. The van der Waals surface area contributed by atoms with Crippen molar-refractivity contribution in [1.29, 1.82) is 0 Å². The molecule has 1 aliphatic rings. The highest BCUT2D eigenvalue weighted by Gasteiger charge is 2.25. The van der Waals surface area contributed by atoms with E-state index >= 15 is 0 Å². The van der Waals surface area contributed by atoms with Crippen LogP contribution in [0.1, 0.15) is 30.0 Å². The maximum Gasteiger partial charge on any atom is 0.313 e. The number of likely N-dealkylation sites (tertiary alicyclic amines) is 1. The summed E-state index contributed by atoms with van der Waals surface area (Å²) < 4.78 is 13.7. The highest BCUT2D eigenvalue weighted by atomic mass is 19.1. The molecule has 1 saturated heterocycles. The molecule has 2 N–H and O–H groups in total. The first-order valence-electron chi connectivity index (χ1n) is 10.2. The Morgan fingerprint density at radius 2 is 1.73 bits per heavy atom. The molecule has 0 spiro atoms. The van der Waals surface area contributed by atoms with Gasteiger partial charge in [-0.1, -0.05) is 18.2 Å². The minimum absolute atomic E-state index is 0.00252. The Kier molecular flexibility index (Phi) is 7.05. The Hall–Kier alpha value is -2.93. The third kappa shape index (κ3) is 5.36. The van der Waals surface area contributed by atoms with E-state index in [1.807, 2.05) is 19.0 Å². The normalized spacial score (nSPS) is 14.9.